The molecule has 1 fully saturated rings. The molecular formula is C11H18BrNO3. The molecule has 0 aromatic carbocycles. The van der Waals surface area contributed by atoms with Crippen LogP contribution in [0.2, 0.25) is 0 Å². The van der Waals surface area contributed by atoms with Crippen LogP contribution in [0.1, 0.15) is 39.0 Å². The summed E-state index contributed by atoms with van der Waals surface area (Å²) in [6, 6.07) is -0.637. The highest BCUT2D eigenvalue weighted by Crippen LogP contribution is 2.23. The third kappa shape index (κ3) is 3.47. The summed E-state index contributed by atoms with van der Waals surface area (Å²) in [6.45, 7) is 2.59. The van der Waals surface area contributed by atoms with Gasteiger partial charge in [-0.05, 0) is 6.42 Å². The van der Waals surface area contributed by atoms with Crippen molar-refractivity contribution < 1.29 is 14.7 Å². The number of rotatable bonds is 6. The van der Waals surface area contributed by atoms with Crippen LogP contribution in [0.5, 0.6) is 0 Å². The summed E-state index contributed by atoms with van der Waals surface area (Å²) < 4.78 is 0. The third-order valence-corrected chi connectivity index (χ3v) is 3.47. The van der Waals surface area contributed by atoms with Gasteiger partial charge in [-0.3, -0.25) is 4.79 Å². The third-order valence-electron chi connectivity index (χ3n) is 2.85. The summed E-state index contributed by atoms with van der Waals surface area (Å²) in [5.41, 5.74) is 0. The molecule has 92 valence electrons. The maximum absolute atomic E-state index is 11.6. The maximum atomic E-state index is 11.6. The van der Waals surface area contributed by atoms with Crippen molar-refractivity contribution >= 4 is 27.8 Å². The lowest BCUT2D eigenvalue weighted by Gasteiger charge is -2.24. The van der Waals surface area contributed by atoms with E-state index in [0.29, 0.717) is 19.4 Å². The van der Waals surface area contributed by atoms with E-state index in [4.69, 9.17) is 5.11 Å². The van der Waals surface area contributed by atoms with Crippen LogP contribution in [0.3, 0.4) is 0 Å². The van der Waals surface area contributed by atoms with Crippen molar-refractivity contribution in [3.05, 3.63) is 0 Å². The van der Waals surface area contributed by atoms with Crippen molar-refractivity contribution in [3.8, 4) is 0 Å². The molecule has 0 aromatic heterocycles. The van der Waals surface area contributed by atoms with Crippen molar-refractivity contribution in [2.24, 2.45) is 0 Å². The van der Waals surface area contributed by atoms with Gasteiger partial charge in [0.05, 0.1) is 0 Å². The number of carboxylic acids is 1. The number of amides is 1. The van der Waals surface area contributed by atoms with E-state index < -0.39 is 12.0 Å². The van der Waals surface area contributed by atoms with Crippen molar-refractivity contribution in [2.45, 2.75) is 49.9 Å². The van der Waals surface area contributed by atoms with E-state index in [1.54, 1.807) is 0 Å². The van der Waals surface area contributed by atoms with Crippen LogP contribution in [0.15, 0.2) is 0 Å². The molecule has 1 unspecified atom stereocenters. The van der Waals surface area contributed by atoms with Gasteiger partial charge in [-0.25, -0.2) is 4.79 Å². The highest BCUT2D eigenvalue weighted by molar-refractivity contribution is 9.09. The predicted octanol–water partition coefficient (Wildman–Crippen LogP) is 2.02. The maximum Gasteiger partial charge on any atom is 0.326 e. The number of hydrogen-bond acceptors (Lipinski definition) is 2. The minimum absolute atomic E-state index is 0.0502. The number of unbranched alkanes of at least 4 members (excludes halogenated alkanes) is 2. The smallest absolute Gasteiger partial charge is 0.326 e. The number of aliphatic carboxylic acids is 1. The Balaban J connectivity index is 2.56. The van der Waals surface area contributed by atoms with Gasteiger partial charge in [0.1, 0.15) is 6.04 Å². The van der Waals surface area contributed by atoms with E-state index in [1.807, 2.05) is 0 Å². The second kappa shape index (κ2) is 6.23. The summed E-state index contributed by atoms with van der Waals surface area (Å²) >= 11 is 3.36. The number of alkyl halides is 1. The van der Waals surface area contributed by atoms with Crippen LogP contribution in [-0.4, -0.2) is 39.3 Å². The fourth-order valence-electron chi connectivity index (χ4n) is 1.99. The van der Waals surface area contributed by atoms with Gasteiger partial charge in [-0.2, -0.15) is 0 Å². The highest BCUT2D eigenvalue weighted by Gasteiger charge is 2.36. The Kier molecular flexibility index (Phi) is 5.25. The molecule has 0 saturated carbocycles. The van der Waals surface area contributed by atoms with Gasteiger partial charge in [0.2, 0.25) is 5.91 Å². The molecule has 1 amide bonds. The molecule has 1 aliphatic heterocycles. The van der Waals surface area contributed by atoms with Crippen LogP contribution in [0.25, 0.3) is 0 Å². The van der Waals surface area contributed by atoms with Gasteiger partial charge < -0.3 is 10.0 Å². The predicted molar refractivity (Wildman–Crippen MR) is 64.6 cm³/mol. The molecule has 1 heterocycles. The average molecular weight is 292 g/mol. The molecule has 1 saturated heterocycles. The molecule has 1 aliphatic rings. The lowest BCUT2D eigenvalue weighted by molar-refractivity contribution is -0.148. The van der Waals surface area contributed by atoms with Crippen LogP contribution in [0.4, 0.5) is 0 Å². The van der Waals surface area contributed by atoms with Gasteiger partial charge in [-0.15, -0.1) is 0 Å². The van der Waals surface area contributed by atoms with Crippen LogP contribution < -0.4 is 0 Å². The highest BCUT2D eigenvalue weighted by atomic mass is 79.9. The zero-order chi connectivity index (χ0) is 12.1. The SMILES string of the molecule is CCCCC[C@@H](C(=O)O)N1CC(Br)CC1=O. The van der Waals surface area contributed by atoms with Gasteiger partial charge >= 0.3 is 5.97 Å². The standard InChI is InChI=1S/C11H18BrNO3/c1-2-3-4-5-9(11(15)16)13-7-8(12)6-10(13)14/h8-9H,2-7H2,1H3,(H,15,16)/t8?,9-/m0/s1. The van der Waals surface area contributed by atoms with Crippen molar-refractivity contribution in [3.63, 3.8) is 0 Å². The molecule has 5 heteroatoms. The number of carbonyl (C=O) groups is 2. The first-order valence-electron chi connectivity index (χ1n) is 5.72. The Labute approximate surface area is 104 Å². The molecule has 0 aliphatic carbocycles. The molecule has 0 radical (unpaired) electrons. The first-order chi connectivity index (χ1) is 7.56. The first-order valence-corrected chi connectivity index (χ1v) is 6.64. The summed E-state index contributed by atoms with van der Waals surface area (Å²) in [5, 5.41) is 9.13. The summed E-state index contributed by atoms with van der Waals surface area (Å²) in [7, 11) is 0. The van der Waals surface area contributed by atoms with Crippen LogP contribution in [0, 0.1) is 0 Å². The molecule has 4 nitrogen and oxygen atoms in total. The molecule has 1 N–H and O–H groups in total. The Morgan fingerprint density at radius 1 is 1.62 bits per heavy atom. The number of likely N-dealkylation sites (tertiary alicyclic amines) is 1. The normalized spacial score (nSPS) is 22.5. The lowest BCUT2D eigenvalue weighted by atomic mass is 10.1. The second-order valence-electron chi connectivity index (χ2n) is 4.20. The molecule has 1 rings (SSSR count). The minimum Gasteiger partial charge on any atom is -0.480 e. The fourth-order valence-corrected chi connectivity index (χ4v) is 2.58. The number of nitrogens with zero attached hydrogens (tertiary/aromatic N) is 1. The van der Waals surface area contributed by atoms with Crippen molar-refractivity contribution in [2.75, 3.05) is 6.54 Å². The van der Waals surface area contributed by atoms with E-state index in [-0.39, 0.29) is 10.7 Å². The van der Waals surface area contributed by atoms with Crippen LogP contribution in [-0.2, 0) is 9.59 Å². The first kappa shape index (κ1) is 13.5. The fraction of sp³-hybridized carbons (Fsp3) is 0.818. The number of hydrogen-bond donors (Lipinski definition) is 1. The van der Waals surface area contributed by atoms with Gasteiger partial charge in [0.25, 0.3) is 0 Å². The van der Waals surface area contributed by atoms with Gasteiger partial charge in [0, 0.05) is 17.8 Å². The van der Waals surface area contributed by atoms with E-state index in [9.17, 15) is 9.59 Å². The number of carbonyl (C=O) groups excluding carboxylic acids is 1. The molecule has 0 spiro atoms. The number of halogens is 1. The van der Waals surface area contributed by atoms with E-state index in [1.165, 1.54) is 4.90 Å². The van der Waals surface area contributed by atoms with Crippen molar-refractivity contribution in [1.82, 2.24) is 4.90 Å². The van der Waals surface area contributed by atoms with Gasteiger partial charge in [0.15, 0.2) is 0 Å². The van der Waals surface area contributed by atoms with Gasteiger partial charge in [-0.1, -0.05) is 42.1 Å². The number of carboxylic acid groups (broad SMARTS) is 1. The zero-order valence-corrected chi connectivity index (χ0v) is 11.1. The molecular weight excluding hydrogens is 274 g/mol. The molecule has 16 heavy (non-hydrogen) atoms. The van der Waals surface area contributed by atoms with E-state index in [0.717, 1.165) is 19.3 Å². The molecule has 0 aromatic rings. The van der Waals surface area contributed by atoms with E-state index in [2.05, 4.69) is 22.9 Å². The van der Waals surface area contributed by atoms with Crippen LogP contribution >= 0.6 is 15.9 Å². The summed E-state index contributed by atoms with van der Waals surface area (Å²) in [5.74, 6) is -0.933. The Morgan fingerprint density at radius 2 is 2.31 bits per heavy atom. The quantitative estimate of drug-likeness (QED) is 0.602. The summed E-state index contributed by atoms with van der Waals surface area (Å²) in [4.78, 5) is 24.3. The average Bonchev–Trinajstić information content (AvgIpc) is 2.52. The van der Waals surface area contributed by atoms with Crippen molar-refractivity contribution in [1.29, 1.82) is 0 Å². The Morgan fingerprint density at radius 3 is 2.75 bits per heavy atom. The largest absolute Gasteiger partial charge is 0.480 e. The summed E-state index contributed by atoms with van der Waals surface area (Å²) in [6.07, 6.45) is 3.92. The lowest BCUT2D eigenvalue weighted by Crippen LogP contribution is -2.42. The topological polar surface area (TPSA) is 57.6 Å². The minimum atomic E-state index is -0.883. The second-order valence-corrected chi connectivity index (χ2v) is 5.49. The zero-order valence-electron chi connectivity index (χ0n) is 9.49. The Bertz CT molecular complexity index is 270. The van der Waals surface area contributed by atoms with E-state index >= 15 is 0 Å². The molecule has 2 atom stereocenters. The monoisotopic (exact) mass is 291 g/mol. The Hall–Kier alpha value is -0.580. The molecule has 0 bridgehead atoms.